The van der Waals surface area contributed by atoms with E-state index in [4.69, 9.17) is 4.74 Å². The Bertz CT molecular complexity index is 164. The van der Waals surface area contributed by atoms with E-state index in [0.717, 1.165) is 25.6 Å². The van der Waals surface area contributed by atoms with E-state index in [2.05, 4.69) is 17.1 Å². The van der Waals surface area contributed by atoms with Crippen LogP contribution < -0.4 is 5.32 Å². The maximum Gasteiger partial charge on any atom is 0.0587 e. The van der Waals surface area contributed by atoms with Crippen molar-refractivity contribution in [2.45, 2.75) is 32.6 Å². The molecule has 0 bridgehead atoms. The SMILES string of the molecule is CCC1CCN(CCCCNCCOC)C1. The monoisotopic (exact) mass is 228 g/mol. The van der Waals surface area contributed by atoms with Crippen molar-refractivity contribution in [3.8, 4) is 0 Å². The fraction of sp³-hybridized carbons (Fsp3) is 1.00. The van der Waals surface area contributed by atoms with Crippen LogP contribution in [0.15, 0.2) is 0 Å². The van der Waals surface area contributed by atoms with Crippen molar-refractivity contribution in [1.82, 2.24) is 10.2 Å². The first-order valence-corrected chi connectivity index (χ1v) is 6.78. The summed E-state index contributed by atoms with van der Waals surface area (Å²) in [6, 6.07) is 0. The lowest BCUT2D eigenvalue weighted by Crippen LogP contribution is -2.24. The third kappa shape index (κ3) is 5.83. The molecule has 1 unspecified atom stereocenters. The van der Waals surface area contributed by atoms with Gasteiger partial charge in [0.1, 0.15) is 0 Å². The molecule has 0 amide bonds. The third-order valence-electron chi connectivity index (χ3n) is 3.51. The standard InChI is InChI=1S/C13H28N2O/c1-3-13-6-10-15(12-13)9-5-4-7-14-8-11-16-2/h13-14H,3-12H2,1-2H3. The van der Waals surface area contributed by atoms with Gasteiger partial charge in [0.2, 0.25) is 0 Å². The van der Waals surface area contributed by atoms with Crippen LogP contribution in [0.1, 0.15) is 32.6 Å². The molecule has 0 radical (unpaired) electrons. The Kier molecular flexibility index (Phi) is 7.81. The highest BCUT2D eigenvalue weighted by atomic mass is 16.5. The van der Waals surface area contributed by atoms with Gasteiger partial charge in [-0.3, -0.25) is 0 Å². The molecule has 0 spiro atoms. The topological polar surface area (TPSA) is 24.5 Å². The summed E-state index contributed by atoms with van der Waals surface area (Å²) in [5.74, 6) is 0.972. The van der Waals surface area contributed by atoms with Gasteiger partial charge >= 0.3 is 0 Å². The number of ether oxygens (including phenoxy) is 1. The lowest BCUT2D eigenvalue weighted by molar-refractivity contribution is 0.199. The van der Waals surface area contributed by atoms with Crippen molar-refractivity contribution < 1.29 is 4.74 Å². The quantitative estimate of drug-likeness (QED) is 0.608. The number of unbranched alkanes of at least 4 members (excludes halogenated alkanes) is 1. The average Bonchev–Trinajstić information content (AvgIpc) is 2.76. The van der Waals surface area contributed by atoms with Gasteiger partial charge in [-0.15, -0.1) is 0 Å². The Balaban J connectivity index is 1.84. The van der Waals surface area contributed by atoms with Gasteiger partial charge in [0.05, 0.1) is 6.61 Å². The molecule has 0 aromatic heterocycles. The summed E-state index contributed by atoms with van der Waals surface area (Å²) in [5.41, 5.74) is 0. The number of hydrogen-bond donors (Lipinski definition) is 1. The molecule has 16 heavy (non-hydrogen) atoms. The van der Waals surface area contributed by atoms with Gasteiger partial charge in [-0.25, -0.2) is 0 Å². The second kappa shape index (κ2) is 8.97. The molecule has 0 aromatic rings. The molecule has 3 heteroatoms. The van der Waals surface area contributed by atoms with Crippen LogP contribution in [0.2, 0.25) is 0 Å². The molecule has 0 aliphatic carbocycles. The summed E-state index contributed by atoms with van der Waals surface area (Å²) in [5, 5.41) is 3.39. The number of nitrogens with one attached hydrogen (secondary N) is 1. The average molecular weight is 228 g/mol. The van der Waals surface area contributed by atoms with Crippen LogP contribution in [0.5, 0.6) is 0 Å². The first-order valence-electron chi connectivity index (χ1n) is 6.78. The fourth-order valence-corrected chi connectivity index (χ4v) is 2.33. The Hall–Kier alpha value is -0.120. The minimum Gasteiger partial charge on any atom is -0.383 e. The van der Waals surface area contributed by atoms with Crippen molar-refractivity contribution in [2.24, 2.45) is 5.92 Å². The molecule has 3 nitrogen and oxygen atoms in total. The Labute approximate surface area is 101 Å². The van der Waals surface area contributed by atoms with Crippen molar-refractivity contribution in [3.63, 3.8) is 0 Å². The maximum atomic E-state index is 4.98. The van der Waals surface area contributed by atoms with Crippen molar-refractivity contribution in [1.29, 1.82) is 0 Å². The first-order chi connectivity index (χ1) is 7.86. The van der Waals surface area contributed by atoms with Gasteiger partial charge in [-0.1, -0.05) is 13.3 Å². The molecule has 0 saturated carbocycles. The highest BCUT2D eigenvalue weighted by Crippen LogP contribution is 2.18. The van der Waals surface area contributed by atoms with E-state index in [-0.39, 0.29) is 0 Å². The number of likely N-dealkylation sites (tertiary alicyclic amines) is 1. The second-order valence-corrected chi connectivity index (χ2v) is 4.81. The lowest BCUT2D eigenvalue weighted by atomic mass is 10.1. The molecule has 1 rings (SSSR count). The predicted octanol–water partition coefficient (Wildman–Crippen LogP) is 1.73. The zero-order chi connectivity index (χ0) is 11.6. The summed E-state index contributed by atoms with van der Waals surface area (Å²) < 4.78 is 4.98. The first kappa shape index (κ1) is 13.9. The molecule has 1 N–H and O–H groups in total. The van der Waals surface area contributed by atoms with E-state index in [0.29, 0.717) is 0 Å². The van der Waals surface area contributed by atoms with Gasteiger partial charge in [0, 0.05) is 20.2 Å². The summed E-state index contributed by atoms with van der Waals surface area (Å²) in [7, 11) is 1.75. The zero-order valence-electron chi connectivity index (χ0n) is 11.0. The Morgan fingerprint density at radius 3 is 2.88 bits per heavy atom. The summed E-state index contributed by atoms with van der Waals surface area (Å²) >= 11 is 0. The molecule has 1 atom stereocenters. The molecule has 1 aliphatic rings. The van der Waals surface area contributed by atoms with Crippen LogP contribution in [0.4, 0.5) is 0 Å². The number of nitrogens with zero attached hydrogens (tertiary/aromatic N) is 1. The lowest BCUT2D eigenvalue weighted by Gasteiger charge is -2.15. The number of rotatable bonds is 9. The highest BCUT2D eigenvalue weighted by Gasteiger charge is 2.19. The van der Waals surface area contributed by atoms with Gasteiger partial charge in [0.25, 0.3) is 0 Å². The largest absolute Gasteiger partial charge is 0.383 e. The minimum atomic E-state index is 0.824. The smallest absolute Gasteiger partial charge is 0.0587 e. The molecule has 1 aliphatic heterocycles. The number of methoxy groups -OCH3 is 1. The van der Waals surface area contributed by atoms with E-state index in [1.54, 1.807) is 7.11 Å². The van der Waals surface area contributed by atoms with Crippen LogP contribution in [0.3, 0.4) is 0 Å². The summed E-state index contributed by atoms with van der Waals surface area (Å²) in [6.07, 6.45) is 5.39. The van der Waals surface area contributed by atoms with Gasteiger partial charge in [0.15, 0.2) is 0 Å². The van der Waals surface area contributed by atoms with E-state index >= 15 is 0 Å². The van der Waals surface area contributed by atoms with Gasteiger partial charge in [-0.2, -0.15) is 0 Å². The zero-order valence-corrected chi connectivity index (χ0v) is 11.0. The van der Waals surface area contributed by atoms with Crippen LogP contribution in [0.25, 0.3) is 0 Å². The van der Waals surface area contributed by atoms with Crippen molar-refractivity contribution in [3.05, 3.63) is 0 Å². The summed E-state index contributed by atoms with van der Waals surface area (Å²) in [6.45, 7) is 9.22. The van der Waals surface area contributed by atoms with Crippen molar-refractivity contribution in [2.75, 3.05) is 46.4 Å². The van der Waals surface area contributed by atoms with E-state index in [9.17, 15) is 0 Å². The van der Waals surface area contributed by atoms with Crippen LogP contribution >= 0.6 is 0 Å². The third-order valence-corrected chi connectivity index (χ3v) is 3.51. The molecule has 1 saturated heterocycles. The normalized spacial score (nSPS) is 21.8. The fourth-order valence-electron chi connectivity index (χ4n) is 2.33. The molecular formula is C13H28N2O. The molecule has 1 heterocycles. The minimum absolute atomic E-state index is 0.824. The van der Waals surface area contributed by atoms with E-state index < -0.39 is 0 Å². The molecule has 96 valence electrons. The predicted molar refractivity (Wildman–Crippen MR) is 68.8 cm³/mol. The van der Waals surface area contributed by atoms with Crippen LogP contribution in [-0.2, 0) is 4.74 Å². The highest BCUT2D eigenvalue weighted by molar-refractivity contribution is 4.74. The van der Waals surface area contributed by atoms with Crippen molar-refractivity contribution >= 4 is 0 Å². The van der Waals surface area contributed by atoms with Crippen LogP contribution in [-0.4, -0.2) is 51.3 Å². The maximum absolute atomic E-state index is 4.98. The Morgan fingerprint density at radius 1 is 1.31 bits per heavy atom. The van der Waals surface area contributed by atoms with Crippen LogP contribution in [0, 0.1) is 5.92 Å². The molecular weight excluding hydrogens is 200 g/mol. The van der Waals surface area contributed by atoms with E-state index in [1.165, 1.54) is 45.3 Å². The summed E-state index contributed by atoms with van der Waals surface area (Å²) in [4.78, 5) is 2.63. The van der Waals surface area contributed by atoms with E-state index in [1.807, 2.05) is 0 Å². The molecule has 1 fully saturated rings. The second-order valence-electron chi connectivity index (χ2n) is 4.81. The number of hydrogen-bond acceptors (Lipinski definition) is 3. The van der Waals surface area contributed by atoms with Gasteiger partial charge in [-0.05, 0) is 44.8 Å². The molecule has 0 aromatic carbocycles. The van der Waals surface area contributed by atoms with Gasteiger partial charge < -0.3 is 15.0 Å². The Morgan fingerprint density at radius 2 is 2.19 bits per heavy atom.